The number of hydrogen-bond acceptors (Lipinski definition) is 5. The predicted octanol–water partition coefficient (Wildman–Crippen LogP) is 3.12. The van der Waals surface area contributed by atoms with Crippen molar-refractivity contribution in [3.05, 3.63) is 81.6 Å². The quantitative estimate of drug-likeness (QED) is 0.742. The van der Waals surface area contributed by atoms with Crippen LogP contribution in [0.3, 0.4) is 0 Å². The van der Waals surface area contributed by atoms with Gasteiger partial charge in [-0.2, -0.15) is 5.26 Å². The van der Waals surface area contributed by atoms with Gasteiger partial charge in [-0.3, -0.25) is 4.79 Å². The highest BCUT2D eigenvalue weighted by Gasteiger charge is 2.08. The Hall–Kier alpha value is -3.04. The first-order chi connectivity index (χ1) is 12.2. The summed E-state index contributed by atoms with van der Waals surface area (Å²) in [6.45, 7) is 0.363. The molecule has 0 bridgehead atoms. The molecule has 0 radical (unpaired) electrons. The second kappa shape index (κ2) is 8.18. The van der Waals surface area contributed by atoms with Crippen LogP contribution >= 0.6 is 11.3 Å². The maximum Gasteiger partial charge on any atom is 0.270 e. The molecule has 0 aliphatic rings. The summed E-state index contributed by atoms with van der Waals surface area (Å²) in [6, 6.07) is 15.4. The first-order valence-electron chi connectivity index (χ1n) is 7.86. The Balaban J connectivity index is 1.51. The number of hydrogen-bond donors (Lipinski definition) is 1. The van der Waals surface area contributed by atoms with Crippen LogP contribution in [0.25, 0.3) is 0 Å². The third-order valence-corrected chi connectivity index (χ3v) is 4.58. The topological polar surface area (TPSA) is 78.7 Å². The summed E-state index contributed by atoms with van der Waals surface area (Å²) in [5.41, 5.74) is 2.85. The molecule has 2 heterocycles. The summed E-state index contributed by atoms with van der Waals surface area (Å²) in [5.74, 6) is -0.275. The summed E-state index contributed by atoms with van der Waals surface area (Å²) >= 11 is 1.61. The molecule has 0 saturated carbocycles. The Labute approximate surface area is 150 Å². The maximum absolute atomic E-state index is 12.1. The minimum atomic E-state index is -0.275. The predicted molar refractivity (Wildman–Crippen MR) is 96.1 cm³/mol. The van der Waals surface area contributed by atoms with E-state index in [-0.39, 0.29) is 5.91 Å². The second-order valence-electron chi connectivity index (χ2n) is 5.44. The molecule has 3 rings (SSSR count). The van der Waals surface area contributed by atoms with Gasteiger partial charge in [0.05, 0.1) is 22.8 Å². The fourth-order valence-corrected chi connectivity index (χ4v) is 3.09. The zero-order chi connectivity index (χ0) is 17.5. The van der Waals surface area contributed by atoms with Crippen molar-refractivity contribution in [2.45, 2.75) is 19.4 Å². The number of amides is 1. The molecule has 0 unspecified atom stereocenters. The molecule has 0 spiro atoms. The van der Waals surface area contributed by atoms with Crippen LogP contribution in [0.5, 0.6) is 0 Å². The van der Waals surface area contributed by atoms with E-state index in [1.165, 1.54) is 11.8 Å². The van der Waals surface area contributed by atoms with Gasteiger partial charge in [-0.1, -0.05) is 30.3 Å². The largest absolute Gasteiger partial charge is 0.345 e. The fourth-order valence-electron chi connectivity index (χ4n) is 2.30. The molecule has 2 aromatic heterocycles. The third-order valence-electron chi connectivity index (χ3n) is 3.62. The number of thiazole rings is 1. The fraction of sp³-hybridized carbons (Fsp3) is 0.158. The van der Waals surface area contributed by atoms with Crippen LogP contribution in [-0.4, -0.2) is 15.9 Å². The summed E-state index contributed by atoms with van der Waals surface area (Å²) in [7, 11) is 0. The van der Waals surface area contributed by atoms with E-state index in [1.54, 1.807) is 23.5 Å². The lowest BCUT2D eigenvalue weighted by atomic mass is 10.1. The van der Waals surface area contributed by atoms with Crippen molar-refractivity contribution >= 4 is 17.2 Å². The first-order valence-corrected chi connectivity index (χ1v) is 8.74. The van der Waals surface area contributed by atoms with Gasteiger partial charge in [-0.05, 0) is 24.1 Å². The number of carbonyl (C=O) groups excluding carboxylic acids is 1. The van der Waals surface area contributed by atoms with Crippen molar-refractivity contribution in [1.82, 2.24) is 15.3 Å². The van der Waals surface area contributed by atoms with Gasteiger partial charge in [0.1, 0.15) is 11.8 Å². The lowest BCUT2D eigenvalue weighted by molar-refractivity contribution is 0.0945. The van der Waals surface area contributed by atoms with Gasteiger partial charge < -0.3 is 5.32 Å². The van der Waals surface area contributed by atoms with Gasteiger partial charge in [0.15, 0.2) is 0 Å². The van der Waals surface area contributed by atoms with Crippen LogP contribution in [-0.2, 0) is 19.4 Å². The Kier molecular flexibility index (Phi) is 5.50. The second-order valence-corrected chi connectivity index (χ2v) is 6.39. The zero-order valence-corrected chi connectivity index (χ0v) is 14.3. The average Bonchev–Trinajstić information content (AvgIpc) is 3.13. The number of benzene rings is 1. The Morgan fingerprint density at radius 1 is 1.16 bits per heavy atom. The molecular formula is C19H16N4OS. The van der Waals surface area contributed by atoms with Gasteiger partial charge >= 0.3 is 0 Å². The number of nitrogens with zero attached hydrogens (tertiary/aromatic N) is 3. The number of carbonyl (C=O) groups is 1. The van der Waals surface area contributed by atoms with E-state index in [2.05, 4.69) is 27.4 Å². The van der Waals surface area contributed by atoms with E-state index < -0.39 is 0 Å². The number of nitrogens with one attached hydrogen (secondary N) is 1. The molecule has 25 heavy (non-hydrogen) atoms. The Morgan fingerprint density at radius 2 is 2.00 bits per heavy atom. The summed E-state index contributed by atoms with van der Waals surface area (Å²) in [4.78, 5) is 20.6. The van der Waals surface area contributed by atoms with E-state index in [0.717, 1.165) is 23.5 Å². The Bertz CT molecular complexity index is 882. The molecule has 0 aliphatic heterocycles. The zero-order valence-electron chi connectivity index (χ0n) is 13.5. The monoisotopic (exact) mass is 348 g/mol. The van der Waals surface area contributed by atoms with Gasteiger partial charge in [0.25, 0.3) is 5.91 Å². The number of pyridine rings is 1. The van der Waals surface area contributed by atoms with E-state index in [1.807, 2.05) is 29.6 Å². The molecule has 5 nitrogen and oxygen atoms in total. The van der Waals surface area contributed by atoms with Crippen LogP contribution in [0.15, 0.2) is 54.0 Å². The minimum Gasteiger partial charge on any atom is -0.345 e. The summed E-state index contributed by atoms with van der Waals surface area (Å²) in [6.07, 6.45) is 3.23. The highest BCUT2D eigenvalue weighted by atomic mass is 32.1. The van der Waals surface area contributed by atoms with Crippen molar-refractivity contribution < 1.29 is 4.79 Å². The minimum absolute atomic E-state index is 0.275. The average molecular weight is 348 g/mol. The smallest absolute Gasteiger partial charge is 0.270 e. The van der Waals surface area contributed by atoms with Crippen LogP contribution < -0.4 is 5.32 Å². The van der Waals surface area contributed by atoms with Crippen LogP contribution in [0.1, 0.15) is 32.3 Å². The van der Waals surface area contributed by atoms with Crippen LogP contribution in [0, 0.1) is 11.3 Å². The van der Waals surface area contributed by atoms with Crippen molar-refractivity contribution in [2.24, 2.45) is 0 Å². The van der Waals surface area contributed by atoms with Crippen molar-refractivity contribution in [3.8, 4) is 6.07 Å². The Morgan fingerprint density at radius 3 is 2.72 bits per heavy atom. The van der Waals surface area contributed by atoms with E-state index in [4.69, 9.17) is 5.26 Å². The van der Waals surface area contributed by atoms with Gasteiger partial charge in [-0.15, -0.1) is 11.3 Å². The molecule has 3 aromatic rings. The normalized spacial score (nSPS) is 10.2. The molecule has 6 heteroatoms. The number of rotatable bonds is 6. The van der Waals surface area contributed by atoms with E-state index in [9.17, 15) is 4.79 Å². The molecule has 0 atom stereocenters. The van der Waals surface area contributed by atoms with Crippen molar-refractivity contribution in [3.63, 3.8) is 0 Å². The number of nitriles is 1. The van der Waals surface area contributed by atoms with E-state index in [0.29, 0.717) is 17.8 Å². The van der Waals surface area contributed by atoms with Gasteiger partial charge in [0, 0.05) is 18.0 Å². The molecule has 124 valence electrons. The number of aryl methyl sites for hydroxylation is 2. The standard InChI is InChI=1S/C19H16N4OS/c20-10-15-6-8-17(21-11-15)19(24)22-12-16-13-25-18(23-16)9-7-14-4-2-1-3-5-14/h1-6,8,11,13H,7,9,12H2,(H,22,24). The van der Waals surface area contributed by atoms with Gasteiger partial charge in [-0.25, -0.2) is 9.97 Å². The molecule has 0 aliphatic carbocycles. The van der Waals surface area contributed by atoms with Crippen molar-refractivity contribution in [2.75, 3.05) is 0 Å². The maximum atomic E-state index is 12.1. The first kappa shape index (κ1) is 16.8. The van der Waals surface area contributed by atoms with E-state index >= 15 is 0 Å². The highest BCUT2D eigenvalue weighted by molar-refractivity contribution is 7.09. The SMILES string of the molecule is N#Cc1ccc(C(=O)NCc2csc(CCc3ccccc3)n2)nc1. The molecule has 0 fully saturated rings. The third kappa shape index (κ3) is 4.72. The lowest BCUT2D eigenvalue weighted by Crippen LogP contribution is -2.23. The van der Waals surface area contributed by atoms with Crippen LogP contribution in [0.2, 0.25) is 0 Å². The molecular weight excluding hydrogens is 332 g/mol. The number of aromatic nitrogens is 2. The highest BCUT2D eigenvalue weighted by Crippen LogP contribution is 2.13. The molecule has 1 N–H and O–H groups in total. The molecule has 1 amide bonds. The lowest BCUT2D eigenvalue weighted by Gasteiger charge is -2.02. The van der Waals surface area contributed by atoms with Gasteiger partial charge in [0.2, 0.25) is 0 Å². The molecule has 1 aromatic carbocycles. The van der Waals surface area contributed by atoms with Crippen LogP contribution in [0.4, 0.5) is 0 Å². The summed E-state index contributed by atoms with van der Waals surface area (Å²) in [5, 5.41) is 14.6. The van der Waals surface area contributed by atoms with Crippen molar-refractivity contribution in [1.29, 1.82) is 5.26 Å². The summed E-state index contributed by atoms with van der Waals surface area (Å²) < 4.78 is 0. The molecule has 0 saturated heterocycles.